The molecular formula is C25H24ClN3O6S. The first kappa shape index (κ1) is 25.3. The lowest BCUT2D eigenvalue weighted by atomic mass is 10.1. The summed E-state index contributed by atoms with van der Waals surface area (Å²) in [6, 6.07) is 17.4. The highest BCUT2D eigenvalue weighted by Gasteiger charge is 2.27. The van der Waals surface area contributed by atoms with Gasteiger partial charge in [0.05, 0.1) is 23.4 Å². The lowest BCUT2D eigenvalue weighted by Crippen LogP contribution is -2.39. The highest BCUT2D eigenvalue weighted by atomic mass is 35.5. The molecule has 0 saturated heterocycles. The fourth-order valence-electron chi connectivity index (χ4n) is 3.44. The van der Waals surface area contributed by atoms with Gasteiger partial charge in [0.25, 0.3) is 15.9 Å². The summed E-state index contributed by atoms with van der Waals surface area (Å²) in [6.45, 7) is 2.15. The van der Waals surface area contributed by atoms with Gasteiger partial charge in [-0.15, -0.1) is 0 Å². The Hall–Kier alpha value is -3.76. The van der Waals surface area contributed by atoms with Crippen molar-refractivity contribution < 1.29 is 27.4 Å². The van der Waals surface area contributed by atoms with E-state index >= 15 is 0 Å². The topological polar surface area (TPSA) is 107 Å². The number of carbonyl (C=O) groups is 1. The normalized spacial score (nSPS) is 13.1. The smallest absolute Gasteiger partial charge is 0.264 e. The molecule has 188 valence electrons. The van der Waals surface area contributed by atoms with Gasteiger partial charge in [-0.3, -0.25) is 9.10 Å². The van der Waals surface area contributed by atoms with Crippen LogP contribution in [0.2, 0.25) is 5.02 Å². The number of methoxy groups -OCH3 is 1. The third kappa shape index (κ3) is 5.72. The number of ether oxygens (including phenoxy) is 3. The maximum Gasteiger partial charge on any atom is 0.264 e. The first-order valence-electron chi connectivity index (χ1n) is 10.9. The molecule has 0 bridgehead atoms. The molecule has 1 aliphatic heterocycles. The summed E-state index contributed by atoms with van der Waals surface area (Å²) in [5.74, 6) is 1.12. The summed E-state index contributed by atoms with van der Waals surface area (Å²) < 4.78 is 44.1. The van der Waals surface area contributed by atoms with Gasteiger partial charge in [-0.05, 0) is 73.7 Å². The summed E-state index contributed by atoms with van der Waals surface area (Å²) in [6.07, 6.45) is 0. The second-order valence-electron chi connectivity index (χ2n) is 7.75. The van der Waals surface area contributed by atoms with Gasteiger partial charge >= 0.3 is 0 Å². The largest absolute Gasteiger partial charge is 0.497 e. The number of fused-ring (bicyclic) bond motifs is 1. The van der Waals surface area contributed by atoms with Crippen LogP contribution in [0.3, 0.4) is 0 Å². The van der Waals surface area contributed by atoms with Crippen LogP contribution >= 0.6 is 11.6 Å². The van der Waals surface area contributed by atoms with E-state index in [0.717, 1.165) is 9.87 Å². The standard InChI is InChI=1S/C25H24ClN3O6S/c1-17(18-3-12-23-24(15-18)35-14-13-34-23)27-28-25(30)16-29(20-6-4-19(26)5-7-20)36(31,32)22-10-8-21(33-2)9-11-22/h3-12,15H,13-14,16H2,1-2H3,(H,28,30)/b27-17+. The predicted molar refractivity (Wildman–Crippen MR) is 137 cm³/mol. The van der Waals surface area contributed by atoms with Gasteiger partial charge in [-0.1, -0.05) is 11.6 Å². The van der Waals surface area contributed by atoms with E-state index in [4.69, 9.17) is 25.8 Å². The van der Waals surface area contributed by atoms with Gasteiger partial charge in [0, 0.05) is 10.6 Å². The van der Waals surface area contributed by atoms with Crippen molar-refractivity contribution in [1.82, 2.24) is 5.43 Å². The van der Waals surface area contributed by atoms with Gasteiger partial charge in [0.2, 0.25) is 0 Å². The maximum atomic E-state index is 13.5. The number of hydrogen-bond acceptors (Lipinski definition) is 7. The Kier molecular flexibility index (Phi) is 7.66. The Bertz CT molecular complexity index is 1380. The van der Waals surface area contributed by atoms with Crippen LogP contribution in [0.25, 0.3) is 0 Å². The number of nitrogens with one attached hydrogen (secondary N) is 1. The molecule has 3 aromatic carbocycles. The number of rotatable bonds is 8. The molecule has 4 rings (SSSR count). The summed E-state index contributed by atoms with van der Waals surface area (Å²) in [7, 11) is -2.61. The number of carbonyl (C=O) groups excluding carboxylic acids is 1. The third-order valence-corrected chi connectivity index (χ3v) is 7.40. The second kappa shape index (κ2) is 10.9. The van der Waals surface area contributed by atoms with Gasteiger partial charge in [0.15, 0.2) is 11.5 Å². The molecule has 0 aromatic heterocycles. The molecule has 0 fully saturated rings. The number of benzene rings is 3. The van der Waals surface area contributed by atoms with Gasteiger partial charge in [-0.25, -0.2) is 13.8 Å². The van der Waals surface area contributed by atoms with Crippen molar-refractivity contribution in [1.29, 1.82) is 0 Å². The van der Waals surface area contributed by atoms with Crippen molar-refractivity contribution in [3.8, 4) is 17.2 Å². The van der Waals surface area contributed by atoms with E-state index in [0.29, 0.717) is 41.2 Å². The Morgan fingerprint density at radius 2 is 1.69 bits per heavy atom. The molecule has 0 aliphatic carbocycles. The lowest BCUT2D eigenvalue weighted by molar-refractivity contribution is -0.119. The molecule has 0 saturated carbocycles. The van der Waals surface area contributed by atoms with E-state index in [9.17, 15) is 13.2 Å². The molecular weight excluding hydrogens is 506 g/mol. The van der Waals surface area contributed by atoms with Crippen LogP contribution in [-0.2, 0) is 14.8 Å². The third-order valence-electron chi connectivity index (χ3n) is 5.36. The van der Waals surface area contributed by atoms with Crippen LogP contribution in [0, 0.1) is 0 Å². The number of halogens is 1. The highest BCUT2D eigenvalue weighted by molar-refractivity contribution is 7.92. The Morgan fingerprint density at radius 1 is 1.03 bits per heavy atom. The Morgan fingerprint density at radius 3 is 2.36 bits per heavy atom. The average Bonchev–Trinajstić information content (AvgIpc) is 2.90. The van der Waals surface area contributed by atoms with Crippen LogP contribution in [0.15, 0.2) is 76.7 Å². The van der Waals surface area contributed by atoms with Crippen LogP contribution in [0.1, 0.15) is 12.5 Å². The number of amides is 1. The molecule has 0 radical (unpaired) electrons. The minimum absolute atomic E-state index is 0.00186. The number of anilines is 1. The van der Waals surface area contributed by atoms with E-state index < -0.39 is 22.5 Å². The number of nitrogens with zero attached hydrogens (tertiary/aromatic N) is 2. The maximum absolute atomic E-state index is 13.5. The summed E-state index contributed by atoms with van der Waals surface area (Å²) in [4.78, 5) is 12.8. The fraction of sp³-hybridized carbons (Fsp3) is 0.200. The van der Waals surface area contributed by atoms with E-state index in [1.165, 1.54) is 43.5 Å². The van der Waals surface area contributed by atoms with Crippen LogP contribution in [-0.4, -0.2) is 46.9 Å². The first-order chi connectivity index (χ1) is 17.3. The molecule has 1 heterocycles. The molecule has 1 amide bonds. The predicted octanol–water partition coefficient (Wildman–Crippen LogP) is 3.86. The SMILES string of the molecule is COc1ccc(S(=O)(=O)N(CC(=O)N/N=C(\C)c2ccc3c(c2)OCCO3)c2ccc(Cl)cc2)cc1. The van der Waals surface area contributed by atoms with Crippen molar-refractivity contribution in [2.24, 2.45) is 5.10 Å². The van der Waals surface area contributed by atoms with E-state index in [2.05, 4.69) is 10.5 Å². The molecule has 3 aromatic rings. The monoisotopic (exact) mass is 529 g/mol. The minimum Gasteiger partial charge on any atom is -0.497 e. The van der Waals surface area contributed by atoms with E-state index in [1.54, 1.807) is 37.3 Å². The van der Waals surface area contributed by atoms with Crippen LogP contribution < -0.4 is 23.9 Å². The average molecular weight is 530 g/mol. The van der Waals surface area contributed by atoms with Crippen LogP contribution in [0.5, 0.6) is 17.2 Å². The number of hydrazone groups is 1. The van der Waals surface area contributed by atoms with Crippen molar-refractivity contribution in [3.05, 3.63) is 77.3 Å². The molecule has 0 unspecified atom stereocenters. The summed E-state index contributed by atoms with van der Waals surface area (Å²) in [5, 5.41) is 4.58. The quantitative estimate of drug-likeness (QED) is 0.351. The van der Waals surface area contributed by atoms with Crippen molar-refractivity contribution >= 4 is 38.9 Å². The minimum atomic E-state index is -4.09. The molecule has 9 nitrogen and oxygen atoms in total. The molecule has 1 aliphatic rings. The zero-order valence-electron chi connectivity index (χ0n) is 19.6. The zero-order valence-corrected chi connectivity index (χ0v) is 21.2. The first-order valence-corrected chi connectivity index (χ1v) is 12.8. The lowest BCUT2D eigenvalue weighted by Gasteiger charge is -2.24. The molecule has 0 spiro atoms. The molecule has 36 heavy (non-hydrogen) atoms. The van der Waals surface area contributed by atoms with Gasteiger partial charge in [0.1, 0.15) is 25.5 Å². The Balaban J connectivity index is 1.55. The van der Waals surface area contributed by atoms with Crippen molar-refractivity contribution in [2.75, 3.05) is 31.2 Å². The molecule has 1 N–H and O–H groups in total. The van der Waals surface area contributed by atoms with Gasteiger partial charge in [-0.2, -0.15) is 5.10 Å². The van der Waals surface area contributed by atoms with E-state index in [-0.39, 0.29) is 10.6 Å². The molecule has 0 atom stereocenters. The molecule has 11 heteroatoms. The summed E-state index contributed by atoms with van der Waals surface area (Å²) in [5.41, 5.74) is 3.95. The van der Waals surface area contributed by atoms with Crippen molar-refractivity contribution in [2.45, 2.75) is 11.8 Å². The van der Waals surface area contributed by atoms with Crippen LogP contribution in [0.4, 0.5) is 5.69 Å². The zero-order chi connectivity index (χ0) is 25.7. The van der Waals surface area contributed by atoms with Crippen molar-refractivity contribution in [3.63, 3.8) is 0 Å². The second-order valence-corrected chi connectivity index (χ2v) is 10.1. The number of sulfonamides is 1. The Labute approximate surface area is 214 Å². The van der Waals surface area contributed by atoms with E-state index in [1.807, 2.05) is 0 Å². The van der Waals surface area contributed by atoms with Gasteiger partial charge < -0.3 is 14.2 Å². The number of hydrogen-bond donors (Lipinski definition) is 1. The summed E-state index contributed by atoms with van der Waals surface area (Å²) >= 11 is 5.98. The fourth-order valence-corrected chi connectivity index (χ4v) is 4.99. The highest BCUT2D eigenvalue weighted by Crippen LogP contribution is 2.31.